The summed E-state index contributed by atoms with van der Waals surface area (Å²) in [4.78, 5) is 0. The van der Waals surface area contributed by atoms with Crippen LogP contribution in [0.25, 0.3) is 5.73 Å². The molecule has 1 N–H and O–H groups in total. The third kappa shape index (κ3) is 9.40. The van der Waals surface area contributed by atoms with Gasteiger partial charge in [0.25, 0.3) is 7.59 Å². The second-order valence-corrected chi connectivity index (χ2v) is 10.1. The maximum absolute atomic E-state index is 12.1. The van der Waals surface area contributed by atoms with Gasteiger partial charge in [-0.1, -0.05) is 34.1 Å². The minimum Gasteiger partial charge on any atom is -0.702 e. The van der Waals surface area contributed by atoms with Gasteiger partial charge in [0.2, 0.25) is 0 Å². The molecule has 0 aromatic heterocycles. The summed E-state index contributed by atoms with van der Waals surface area (Å²) in [5.74, 6) is 0. The summed E-state index contributed by atoms with van der Waals surface area (Å²) in [6, 6.07) is 0. The van der Waals surface area contributed by atoms with Crippen LogP contribution in [-0.2, 0) is 4.57 Å². The SMILES string of the molecule is CCC/C=C(\[NH-])C(C)(C)C.CN(C)P(=O)(N(C)C)N(C)C.[Li+]. The van der Waals surface area contributed by atoms with Gasteiger partial charge in [0.15, 0.2) is 0 Å². The predicted molar refractivity (Wildman–Crippen MR) is 95.4 cm³/mol. The predicted octanol–water partition coefficient (Wildman–Crippen LogP) is 1.55. The number of unbranched alkanes of at least 4 members (excludes halogenated alkanes) is 1. The first-order valence-corrected chi connectivity index (χ1v) is 8.94. The second-order valence-electron chi connectivity index (χ2n) is 6.71. The van der Waals surface area contributed by atoms with Crippen molar-refractivity contribution < 1.29 is 23.4 Å². The Morgan fingerprint density at radius 3 is 1.45 bits per heavy atom. The molecule has 0 unspecified atom stereocenters. The molecule has 0 aromatic carbocycles. The van der Waals surface area contributed by atoms with Crippen LogP contribution in [0.3, 0.4) is 0 Å². The number of rotatable bonds is 5. The van der Waals surface area contributed by atoms with Crippen molar-refractivity contribution in [2.24, 2.45) is 5.41 Å². The zero-order chi connectivity index (χ0) is 17.4. The van der Waals surface area contributed by atoms with Gasteiger partial charge in [-0.3, -0.25) is 4.57 Å². The number of nitrogens with zero attached hydrogens (tertiary/aromatic N) is 3. The normalized spacial score (nSPS) is 13.0. The van der Waals surface area contributed by atoms with Gasteiger partial charge in [0.05, 0.1) is 0 Å². The monoisotopic (exact) mass is 326 g/mol. The summed E-state index contributed by atoms with van der Waals surface area (Å²) >= 11 is 0. The van der Waals surface area contributed by atoms with Crippen LogP contribution in [0.5, 0.6) is 0 Å². The van der Waals surface area contributed by atoms with Gasteiger partial charge in [-0.25, -0.2) is 14.0 Å². The third-order valence-corrected chi connectivity index (χ3v) is 6.13. The molecule has 0 heterocycles. The van der Waals surface area contributed by atoms with Crippen LogP contribution in [0.1, 0.15) is 40.5 Å². The van der Waals surface area contributed by atoms with Crippen LogP contribution >= 0.6 is 7.59 Å². The summed E-state index contributed by atoms with van der Waals surface area (Å²) in [5.41, 5.74) is 8.38. The Labute approximate surface area is 151 Å². The molecular weight excluding hydrogens is 290 g/mol. The molecule has 0 aliphatic heterocycles. The molecule has 0 aromatic rings. The molecule has 22 heavy (non-hydrogen) atoms. The smallest absolute Gasteiger partial charge is 0.702 e. The molecule has 0 radical (unpaired) electrons. The van der Waals surface area contributed by atoms with E-state index in [1.807, 2.05) is 48.4 Å². The Balaban J connectivity index is -0.000000315. The standard InChI is InChI=1S/C9H18N.C6H18N3OP.Li/c1-5-6-7-8(10)9(2,3)4;1-7(2)11(10,8(3)4)9(5)6;/h7,10H,5-6H2,1-4H3;1-6H3;/q-1;;+1/b8-7-;;. The molecule has 7 heteroatoms. The van der Waals surface area contributed by atoms with Crippen LogP contribution < -0.4 is 18.9 Å². The molecule has 0 bridgehead atoms. The van der Waals surface area contributed by atoms with E-state index in [-0.39, 0.29) is 24.3 Å². The van der Waals surface area contributed by atoms with E-state index in [9.17, 15) is 4.57 Å². The van der Waals surface area contributed by atoms with Crippen LogP contribution in [0.15, 0.2) is 11.8 Å². The quantitative estimate of drug-likeness (QED) is 0.568. The summed E-state index contributed by atoms with van der Waals surface area (Å²) in [6.07, 6.45) is 4.19. The first kappa shape index (κ1) is 27.1. The molecule has 0 aliphatic rings. The van der Waals surface area contributed by atoms with Crippen molar-refractivity contribution in [1.29, 1.82) is 0 Å². The Morgan fingerprint density at radius 2 is 1.32 bits per heavy atom. The van der Waals surface area contributed by atoms with Gasteiger partial charge in [-0.2, -0.15) is 5.70 Å². The average molecular weight is 326 g/mol. The minimum absolute atomic E-state index is 0. The average Bonchev–Trinajstić information content (AvgIpc) is 2.33. The molecule has 0 saturated heterocycles. The zero-order valence-corrected chi connectivity index (χ0v) is 17.6. The largest absolute Gasteiger partial charge is 1.00 e. The third-order valence-electron chi connectivity index (χ3n) is 3.01. The van der Waals surface area contributed by atoms with E-state index < -0.39 is 7.59 Å². The molecule has 0 saturated carbocycles. The summed E-state index contributed by atoms with van der Waals surface area (Å²) in [5, 5.41) is 0. The minimum atomic E-state index is -2.44. The first-order chi connectivity index (χ1) is 9.31. The van der Waals surface area contributed by atoms with Crippen molar-refractivity contribution in [3.05, 3.63) is 17.5 Å². The number of allylic oxidation sites excluding steroid dienone is 2. The summed E-state index contributed by atoms with van der Waals surface area (Å²) < 4.78 is 17.3. The van der Waals surface area contributed by atoms with Crippen LogP contribution in [0.4, 0.5) is 0 Å². The molecule has 0 atom stereocenters. The van der Waals surface area contributed by atoms with E-state index in [1.54, 1.807) is 14.0 Å². The molecule has 0 aliphatic carbocycles. The summed E-state index contributed by atoms with van der Waals surface area (Å²) in [7, 11) is 8.49. The Bertz CT molecular complexity index is 335. The maximum Gasteiger partial charge on any atom is 1.00 e. The van der Waals surface area contributed by atoms with E-state index in [2.05, 4.69) is 27.7 Å². The molecular formula is C15H36LiN4OP. The fraction of sp³-hybridized carbons (Fsp3) is 0.867. The first-order valence-electron chi connectivity index (χ1n) is 7.37. The topological polar surface area (TPSA) is 50.6 Å². The van der Waals surface area contributed by atoms with Crippen LogP contribution in [-0.4, -0.2) is 56.3 Å². The molecule has 128 valence electrons. The molecule has 5 nitrogen and oxygen atoms in total. The maximum atomic E-state index is 12.1. The number of hydrogen-bond donors (Lipinski definition) is 0. The van der Waals surface area contributed by atoms with Crippen molar-refractivity contribution >= 4 is 7.59 Å². The van der Waals surface area contributed by atoms with Crippen molar-refractivity contribution in [3.63, 3.8) is 0 Å². The Hall–Kier alpha value is 0.247. The zero-order valence-electron chi connectivity index (χ0n) is 16.7. The van der Waals surface area contributed by atoms with Crippen LogP contribution in [0, 0.1) is 5.41 Å². The molecule has 0 spiro atoms. The number of hydrogen-bond acceptors (Lipinski definition) is 1. The Kier molecular flexibility index (Phi) is 14.5. The Morgan fingerprint density at radius 1 is 1.00 bits per heavy atom. The van der Waals surface area contributed by atoms with Crippen LogP contribution in [0.2, 0.25) is 0 Å². The van der Waals surface area contributed by atoms with E-state index in [0.717, 1.165) is 18.5 Å². The van der Waals surface area contributed by atoms with Crippen molar-refractivity contribution in [2.75, 3.05) is 42.3 Å². The van der Waals surface area contributed by atoms with Crippen molar-refractivity contribution in [2.45, 2.75) is 40.5 Å². The van der Waals surface area contributed by atoms with Crippen molar-refractivity contribution in [3.8, 4) is 0 Å². The van der Waals surface area contributed by atoms with E-state index in [1.165, 1.54) is 0 Å². The van der Waals surface area contributed by atoms with Gasteiger partial charge >= 0.3 is 18.9 Å². The second kappa shape index (κ2) is 11.7. The van der Waals surface area contributed by atoms with E-state index in [0.29, 0.717) is 0 Å². The summed E-state index contributed by atoms with van der Waals surface area (Å²) in [6.45, 7) is 8.34. The fourth-order valence-corrected chi connectivity index (χ4v) is 3.81. The van der Waals surface area contributed by atoms with Gasteiger partial charge in [0.1, 0.15) is 0 Å². The van der Waals surface area contributed by atoms with Gasteiger partial charge < -0.3 is 5.73 Å². The van der Waals surface area contributed by atoms with E-state index in [4.69, 9.17) is 5.73 Å². The van der Waals surface area contributed by atoms with Gasteiger partial charge in [0, 0.05) is 0 Å². The van der Waals surface area contributed by atoms with Gasteiger partial charge in [-0.05, 0) is 54.1 Å². The molecule has 0 rings (SSSR count). The fourth-order valence-electron chi connectivity index (χ4n) is 1.67. The van der Waals surface area contributed by atoms with E-state index >= 15 is 0 Å². The van der Waals surface area contributed by atoms with Gasteiger partial charge in [-0.15, -0.1) is 6.08 Å². The molecule has 0 fully saturated rings. The van der Waals surface area contributed by atoms with Crippen molar-refractivity contribution in [1.82, 2.24) is 14.0 Å². The number of nitrogens with one attached hydrogen (secondary N) is 1. The molecule has 0 amide bonds.